The first kappa shape index (κ1) is 14.4. The van der Waals surface area contributed by atoms with Gasteiger partial charge in [-0.2, -0.15) is 0 Å². The summed E-state index contributed by atoms with van der Waals surface area (Å²) in [7, 11) is -3.79. The van der Waals surface area contributed by atoms with Crippen LogP contribution in [0.2, 0.25) is 0 Å². The van der Waals surface area contributed by atoms with Crippen LogP contribution in [0, 0.1) is 12.8 Å². The number of aryl methyl sites for hydroxylation is 1. The van der Waals surface area contributed by atoms with Crippen molar-refractivity contribution in [3.63, 3.8) is 0 Å². The van der Waals surface area contributed by atoms with Gasteiger partial charge in [0, 0.05) is 17.4 Å². The van der Waals surface area contributed by atoms with E-state index in [4.69, 9.17) is 14.6 Å². The molecule has 106 valence electrons. The van der Waals surface area contributed by atoms with Gasteiger partial charge >= 0.3 is 5.97 Å². The molecule has 2 N–H and O–H groups in total. The van der Waals surface area contributed by atoms with E-state index in [-0.39, 0.29) is 15.7 Å². The molecule has 1 atom stereocenters. The van der Waals surface area contributed by atoms with Crippen molar-refractivity contribution in [1.29, 1.82) is 0 Å². The van der Waals surface area contributed by atoms with Crippen LogP contribution in [0.25, 0.3) is 0 Å². The molecule has 1 saturated heterocycles. The van der Waals surface area contributed by atoms with E-state index in [1.54, 1.807) is 6.92 Å². The van der Waals surface area contributed by atoms with Gasteiger partial charge in [0.25, 0.3) is 0 Å². The van der Waals surface area contributed by atoms with Gasteiger partial charge in [0.2, 0.25) is 10.0 Å². The van der Waals surface area contributed by atoms with E-state index >= 15 is 0 Å². The largest absolute Gasteiger partial charge is 0.461 e. The molecule has 1 aromatic rings. The summed E-state index contributed by atoms with van der Waals surface area (Å²) in [5, 5.41) is 5.05. The standard InChI is InChI=1S/C11H15NO5S2/c1-7-10(19(12,14)15)4-9(18-7)11(13)17-6-8-2-3-16-5-8/h4,8H,2-3,5-6H2,1H3,(H2,12,14,15). The molecule has 0 spiro atoms. The van der Waals surface area contributed by atoms with E-state index < -0.39 is 16.0 Å². The molecule has 1 aromatic heterocycles. The molecule has 1 unspecified atom stereocenters. The van der Waals surface area contributed by atoms with Gasteiger partial charge in [-0.3, -0.25) is 0 Å². The number of rotatable bonds is 4. The fourth-order valence-electron chi connectivity index (χ4n) is 1.83. The lowest BCUT2D eigenvalue weighted by molar-refractivity contribution is 0.0433. The molecule has 2 rings (SSSR count). The Labute approximate surface area is 115 Å². The second kappa shape index (κ2) is 5.58. The van der Waals surface area contributed by atoms with Gasteiger partial charge in [0.15, 0.2) is 0 Å². The lowest BCUT2D eigenvalue weighted by Gasteiger charge is -2.07. The fraction of sp³-hybridized carbons (Fsp3) is 0.545. The molecule has 0 amide bonds. The Morgan fingerprint density at radius 2 is 2.37 bits per heavy atom. The van der Waals surface area contributed by atoms with Crippen molar-refractivity contribution in [3.05, 3.63) is 15.8 Å². The van der Waals surface area contributed by atoms with Crippen molar-refractivity contribution in [2.24, 2.45) is 11.1 Å². The average molecular weight is 305 g/mol. The van der Waals surface area contributed by atoms with E-state index in [1.807, 2.05) is 0 Å². The van der Waals surface area contributed by atoms with Gasteiger partial charge in [0.05, 0.1) is 18.1 Å². The second-order valence-corrected chi connectivity index (χ2v) is 7.19. The molecular formula is C11H15NO5S2. The molecule has 6 nitrogen and oxygen atoms in total. The highest BCUT2D eigenvalue weighted by atomic mass is 32.2. The monoisotopic (exact) mass is 305 g/mol. The molecule has 1 aliphatic heterocycles. The molecule has 19 heavy (non-hydrogen) atoms. The van der Waals surface area contributed by atoms with Crippen LogP contribution in [0.1, 0.15) is 21.0 Å². The number of ether oxygens (including phenoxy) is 2. The van der Waals surface area contributed by atoms with Crippen LogP contribution in [-0.2, 0) is 19.5 Å². The maximum atomic E-state index is 11.8. The Balaban J connectivity index is 2.03. The quantitative estimate of drug-likeness (QED) is 0.834. The Morgan fingerprint density at radius 3 is 2.89 bits per heavy atom. The molecule has 0 saturated carbocycles. The minimum atomic E-state index is -3.79. The van der Waals surface area contributed by atoms with Crippen molar-refractivity contribution in [2.75, 3.05) is 19.8 Å². The molecule has 8 heteroatoms. The third kappa shape index (κ3) is 3.53. The van der Waals surface area contributed by atoms with Crippen molar-refractivity contribution in [2.45, 2.75) is 18.2 Å². The smallest absolute Gasteiger partial charge is 0.348 e. The summed E-state index contributed by atoms with van der Waals surface area (Å²) in [4.78, 5) is 12.5. The van der Waals surface area contributed by atoms with E-state index in [1.165, 1.54) is 6.07 Å². The SMILES string of the molecule is Cc1sc(C(=O)OCC2CCOC2)cc1S(N)(=O)=O. The number of primary sulfonamides is 1. The zero-order valence-corrected chi connectivity index (χ0v) is 12.1. The van der Waals surface area contributed by atoms with Crippen LogP contribution in [0.15, 0.2) is 11.0 Å². The van der Waals surface area contributed by atoms with Gasteiger partial charge in [-0.1, -0.05) is 0 Å². The summed E-state index contributed by atoms with van der Waals surface area (Å²) in [5.41, 5.74) is 0. The number of carbonyl (C=O) groups is 1. The Bertz CT molecular complexity index is 572. The van der Waals surface area contributed by atoms with Crippen molar-refractivity contribution >= 4 is 27.3 Å². The van der Waals surface area contributed by atoms with Crippen molar-refractivity contribution < 1.29 is 22.7 Å². The number of hydrogen-bond acceptors (Lipinski definition) is 6. The lowest BCUT2D eigenvalue weighted by Crippen LogP contribution is -2.14. The fourth-order valence-corrected chi connectivity index (χ4v) is 3.87. The zero-order valence-electron chi connectivity index (χ0n) is 10.4. The number of esters is 1. The van der Waals surface area contributed by atoms with Crippen LogP contribution in [-0.4, -0.2) is 34.2 Å². The van der Waals surface area contributed by atoms with Gasteiger partial charge in [-0.05, 0) is 19.4 Å². The molecule has 2 heterocycles. The first-order valence-corrected chi connectivity index (χ1v) is 8.12. The van der Waals surface area contributed by atoms with Gasteiger partial charge in [-0.25, -0.2) is 18.4 Å². The zero-order chi connectivity index (χ0) is 14.0. The first-order chi connectivity index (χ1) is 8.88. The highest BCUT2D eigenvalue weighted by Crippen LogP contribution is 2.25. The predicted molar refractivity (Wildman–Crippen MR) is 69.6 cm³/mol. The normalized spacial score (nSPS) is 19.6. The first-order valence-electron chi connectivity index (χ1n) is 5.76. The topological polar surface area (TPSA) is 95.7 Å². The number of hydrogen-bond donors (Lipinski definition) is 1. The Hall–Kier alpha value is -0.960. The molecule has 0 bridgehead atoms. The summed E-state index contributed by atoms with van der Waals surface area (Å²) >= 11 is 1.07. The van der Waals surface area contributed by atoms with Crippen LogP contribution in [0.4, 0.5) is 0 Å². The van der Waals surface area contributed by atoms with Crippen molar-refractivity contribution in [1.82, 2.24) is 0 Å². The number of sulfonamides is 1. The van der Waals surface area contributed by atoms with Crippen LogP contribution in [0.5, 0.6) is 0 Å². The Morgan fingerprint density at radius 1 is 1.63 bits per heavy atom. The van der Waals surface area contributed by atoms with Gasteiger partial charge in [-0.15, -0.1) is 11.3 Å². The van der Waals surface area contributed by atoms with E-state index in [9.17, 15) is 13.2 Å². The van der Waals surface area contributed by atoms with Gasteiger partial charge < -0.3 is 9.47 Å². The van der Waals surface area contributed by atoms with Crippen LogP contribution >= 0.6 is 11.3 Å². The highest BCUT2D eigenvalue weighted by molar-refractivity contribution is 7.89. The summed E-state index contributed by atoms with van der Waals surface area (Å²) in [6.07, 6.45) is 0.874. The minimum Gasteiger partial charge on any atom is -0.461 e. The number of carbonyl (C=O) groups excluding carboxylic acids is 1. The Kier molecular flexibility index (Phi) is 4.24. The highest BCUT2D eigenvalue weighted by Gasteiger charge is 2.22. The maximum Gasteiger partial charge on any atom is 0.348 e. The van der Waals surface area contributed by atoms with Crippen molar-refractivity contribution in [3.8, 4) is 0 Å². The molecular weight excluding hydrogens is 290 g/mol. The number of nitrogens with two attached hydrogens (primary N) is 1. The van der Waals surface area contributed by atoms with Crippen LogP contribution in [0.3, 0.4) is 0 Å². The summed E-state index contributed by atoms with van der Waals surface area (Å²) in [6, 6.07) is 1.27. The summed E-state index contributed by atoms with van der Waals surface area (Å²) in [5.74, 6) is -0.294. The third-order valence-corrected chi connectivity index (χ3v) is 5.05. The third-order valence-electron chi connectivity index (χ3n) is 2.85. The maximum absolute atomic E-state index is 11.8. The molecule has 0 aliphatic carbocycles. The molecule has 1 aliphatic rings. The predicted octanol–water partition coefficient (Wildman–Crippen LogP) is 0.897. The summed E-state index contributed by atoms with van der Waals surface area (Å²) in [6.45, 7) is 3.18. The van der Waals surface area contributed by atoms with Gasteiger partial charge in [0.1, 0.15) is 4.88 Å². The lowest BCUT2D eigenvalue weighted by atomic mass is 10.1. The average Bonchev–Trinajstić information content (AvgIpc) is 2.93. The minimum absolute atomic E-state index is 0.0198. The summed E-state index contributed by atoms with van der Waals surface area (Å²) < 4.78 is 32.9. The van der Waals surface area contributed by atoms with E-state index in [0.717, 1.165) is 17.8 Å². The van der Waals surface area contributed by atoms with E-state index in [0.29, 0.717) is 24.7 Å². The van der Waals surface area contributed by atoms with E-state index in [2.05, 4.69) is 0 Å². The second-order valence-electron chi connectivity index (χ2n) is 4.40. The van der Waals surface area contributed by atoms with Crippen LogP contribution < -0.4 is 5.14 Å². The molecule has 0 radical (unpaired) electrons. The molecule has 1 fully saturated rings. The molecule has 0 aromatic carbocycles. The number of thiophene rings is 1.